The fourth-order valence-electron chi connectivity index (χ4n) is 0.342. The summed E-state index contributed by atoms with van der Waals surface area (Å²) in [6.07, 6.45) is 3.75. The van der Waals surface area contributed by atoms with Crippen molar-refractivity contribution >= 4 is 14.2 Å². The number of H-pyrrole nitrogens is 1. The summed E-state index contributed by atoms with van der Waals surface area (Å²) in [5.74, 6) is 0. The second kappa shape index (κ2) is 2.90. The van der Waals surface area contributed by atoms with Crippen molar-refractivity contribution in [1.82, 2.24) is 0 Å². The van der Waals surface area contributed by atoms with Crippen molar-refractivity contribution in [3.05, 3.63) is 30.6 Å². The first-order valence-corrected chi connectivity index (χ1v) is 7.18. The minimum Gasteiger partial charge on any atom is -0.218 e. The molecule has 0 saturated heterocycles. The Morgan fingerprint density at radius 3 is 1.08 bits per heavy atom. The molecule has 0 aliphatic heterocycles. The molecule has 0 atom stereocenters. The number of aromatic amines is 1. The van der Waals surface area contributed by atoms with Crippen LogP contribution in [0.25, 0.3) is 0 Å². The van der Waals surface area contributed by atoms with E-state index in [0.29, 0.717) is 0 Å². The van der Waals surface area contributed by atoms with E-state index in [9.17, 15) is 20.8 Å². The maximum Gasteiger partial charge on any atom is 0.166 e. The molecule has 0 amide bonds. The zero-order valence-corrected chi connectivity index (χ0v) is 7.98. The van der Waals surface area contributed by atoms with Crippen LogP contribution in [-0.4, -0.2) is 14.2 Å². The molecule has 1 nitrogen and oxygen atoms in total. The SMILES string of the molecule is F[As-](F)(F)(F)(F)F.c1cc[nH+]cc1. The first kappa shape index (κ1) is 12.3. The number of halogens is 6. The van der Waals surface area contributed by atoms with Crippen LogP contribution in [0, 0.1) is 0 Å². The van der Waals surface area contributed by atoms with E-state index in [4.69, 9.17) is 0 Å². The van der Waals surface area contributed by atoms with Gasteiger partial charge in [0.2, 0.25) is 0 Å². The zero-order chi connectivity index (χ0) is 10.7. The Labute approximate surface area is 71.3 Å². The van der Waals surface area contributed by atoms with Crippen molar-refractivity contribution in [2.75, 3.05) is 0 Å². The van der Waals surface area contributed by atoms with Crippen LogP contribution < -0.4 is 4.98 Å². The minimum absolute atomic E-state index is 1.88. The molecule has 0 unspecified atom stereocenters. The van der Waals surface area contributed by atoms with Crippen LogP contribution in [0.5, 0.6) is 0 Å². The van der Waals surface area contributed by atoms with Gasteiger partial charge in [-0.15, -0.1) is 0 Å². The Balaban J connectivity index is 0.000000223. The Morgan fingerprint density at radius 2 is 1.00 bits per heavy atom. The predicted molar refractivity (Wildman–Crippen MR) is 35.4 cm³/mol. The molecule has 78 valence electrons. The van der Waals surface area contributed by atoms with Crippen LogP contribution in [0.4, 0.5) is 20.8 Å². The van der Waals surface area contributed by atoms with Gasteiger partial charge in [0, 0.05) is 12.1 Å². The van der Waals surface area contributed by atoms with E-state index in [-0.39, 0.29) is 0 Å². The molecule has 1 heterocycles. The molecule has 0 aliphatic rings. The summed E-state index contributed by atoms with van der Waals surface area (Å²) >= 11 is -11.1. The summed E-state index contributed by atoms with van der Waals surface area (Å²) in [5.41, 5.74) is 0. The monoisotopic (exact) mass is 269 g/mol. The molecular formula is C5H6AsF6N. The van der Waals surface area contributed by atoms with Gasteiger partial charge in [-0.25, -0.2) is 4.98 Å². The number of aromatic nitrogens is 1. The van der Waals surface area contributed by atoms with Gasteiger partial charge in [0.25, 0.3) is 0 Å². The fourth-order valence-corrected chi connectivity index (χ4v) is 0.342. The largest absolute Gasteiger partial charge is 0.218 e. The number of pyridine rings is 1. The molecule has 0 fully saturated rings. The molecule has 1 rings (SSSR count). The fraction of sp³-hybridized carbons (Fsp3) is 0. The molecule has 13 heavy (non-hydrogen) atoms. The Morgan fingerprint density at radius 1 is 0.692 bits per heavy atom. The third-order valence-electron chi connectivity index (χ3n) is 0.607. The molecule has 0 spiro atoms. The van der Waals surface area contributed by atoms with E-state index < -0.39 is 14.2 Å². The summed E-state index contributed by atoms with van der Waals surface area (Å²) in [4.78, 5) is 2.89. The first-order chi connectivity index (χ1) is 5.45. The second-order valence-corrected chi connectivity index (χ2v) is 6.06. The van der Waals surface area contributed by atoms with Gasteiger partial charge in [-0.2, -0.15) is 0 Å². The molecule has 1 N–H and O–H groups in total. The Kier molecular flexibility index (Phi) is 2.74. The van der Waals surface area contributed by atoms with Gasteiger partial charge in [0.15, 0.2) is 12.4 Å². The standard InChI is InChI=1S/C5H5N.AsF6/c1-2-4-6-5-3-1;2-1(3,4,5,6)7/h1-5H;/q;-1/p+1. The van der Waals surface area contributed by atoms with Gasteiger partial charge >= 0.3 is 35.0 Å². The normalized spacial score (nSPS) is 16.2. The number of hydrogen-bond donors (Lipinski definition) is 0. The van der Waals surface area contributed by atoms with Gasteiger partial charge in [-0.05, 0) is 0 Å². The average Bonchev–Trinajstić information content (AvgIpc) is 1.84. The predicted octanol–water partition coefficient (Wildman–Crippen LogP) is 2.64. The summed E-state index contributed by atoms with van der Waals surface area (Å²) in [6, 6.07) is 5.86. The maximum atomic E-state index is 9.91. The third-order valence-corrected chi connectivity index (χ3v) is 0.607. The molecule has 0 aliphatic carbocycles. The summed E-state index contributed by atoms with van der Waals surface area (Å²) in [6.45, 7) is 0. The van der Waals surface area contributed by atoms with Crippen LogP contribution in [0.3, 0.4) is 0 Å². The van der Waals surface area contributed by atoms with E-state index >= 15 is 0 Å². The summed E-state index contributed by atoms with van der Waals surface area (Å²) in [7, 11) is 0. The van der Waals surface area contributed by atoms with Crippen LogP contribution in [0.2, 0.25) is 0 Å². The maximum absolute atomic E-state index is 11.1. The topological polar surface area (TPSA) is 14.1 Å². The molecule has 0 bridgehead atoms. The van der Waals surface area contributed by atoms with Gasteiger partial charge in [0.1, 0.15) is 0 Å². The van der Waals surface area contributed by atoms with Gasteiger partial charge in [0.05, 0.1) is 0 Å². The molecule has 0 aromatic carbocycles. The van der Waals surface area contributed by atoms with E-state index in [1.807, 2.05) is 30.6 Å². The van der Waals surface area contributed by atoms with Crippen molar-refractivity contribution < 1.29 is 25.8 Å². The molecule has 0 saturated carbocycles. The van der Waals surface area contributed by atoms with E-state index in [1.165, 1.54) is 0 Å². The van der Waals surface area contributed by atoms with E-state index in [0.717, 1.165) is 0 Å². The van der Waals surface area contributed by atoms with E-state index in [2.05, 4.69) is 4.98 Å². The third kappa shape index (κ3) is 34.8. The number of hydrogen-bond acceptors (Lipinski definition) is 0. The van der Waals surface area contributed by atoms with Gasteiger partial charge < -0.3 is 0 Å². The van der Waals surface area contributed by atoms with Gasteiger partial charge in [-0.1, -0.05) is 6.07 Å². The minimum atomic E-state index is -11.1. The molecule has 8 heteroatoms. The van der Waals surface area contributed by atoms with Crippen LogP contribution in [-0.2, 0) is 0 Å². The molecule has 1 aromatic heterocycles. The molecular weight excluding hydrogens is 263 g/mol. The number of rotatable bonds is 0. The van der Waals surface area contributed by atoms with Crippen molar-refractivity contribution in [3.8, 4) is 0 Å². The molecule has 1 aromatic rings. The first-order valence-electron chi connectivity index (χ1n) is 2.92. The second-order valence-electron chi connectivity index (χ2n) is 2.04. The van der Waals surface area contributed by atoms with Crippen LogP contribution >= 0.6 is 0 Å². The summed E-state index contributed by atoms with van der Waals surface area (Å²) < 4.78 is 59.4. The van der Waals surface area contributed by atoms with Crippen LogP contribution in [0.1, 0.15) is 0 Å². The quantitative estimate of drug-likeness (QED) is 0.508. The summed E-state index contributed by atoms with van der Waals surface area (Å²) in [5, 5.41) is 0. The van der Waals surface area contributed by atoms with Crippen molar-refractivity contribution in [1.29, 1.82) is 0 Å². The van der Waals surface area contributed by atoms with Crippen molar-refractivity contribution in [3.63, 3.8) is 0 Å². The number of nitrogens with one attached hydrogen (secondary N) is 1. The van der Waals surface area contributed by atoms with Crippen molar-refractivity contribution in [2.24, 2.45) is 0 Å². The van der Waals surface area contributed by atoms with Crippen LogP contribution in [0.15, 0.2) is 30.6 Å². The smallest absolute Gasteiger partial charge is 0.166 e. The van der Waals surface area contributed by atoms with E-state index in [1.54, 1.807) is 0 Å². The zero-order valence-electron chi connectivity index (χ0n) is 6.10. The average molecular weight is 269 g/mol. The Bertz CT molecular complexity index is 213. The van der Waals surface area contributed by atoms with Gasteiger partial charge in [-0.3, -0.25) is 0 Å². The Hall–Kier alpha value is -0.712. The molecule has 0 radical (unpaired) electrons. The van der Waals surface area contributed by atoms with Crippen molar-refractivity contribution in [2.45, 2.75) is 0 Å².